The van der Waals surface area contributed by atoms with E-state index in [-0.39, 0.29) is 43.3 Å². The molecule has 0 amide bonds. The van der Waals surface area contributed by atoms with Gasteiger partial charge in [0.05, 0.1) is 23.0 Å². The summed E-state index contributed by atoms with van der Waals surface area (Å²) < 4.78 is 42.1. The van der Waals surface area contributed by atoms with E-state index in [2.05, 4.69) is 0 Å². The molecule has 0 N–H and O–H groups in total. The van der Waals surface area contributed by atoms with E-state index in [1.807, 2.05) is 0 Å². The van der Waals surface area contributed by atoms with Gasteiger partial charge in [-0.2, -0.15) is 0 Å². The monoisotopic (exact) mass is 708 g/mol. The highest BCUT2D eigenvalue weighted by molar-refractivity contribution is 6.16. The molecule has 3 fully saturated rings. The second kappa shape index (κ2) is 13.7. The molecule has 0 bridgehead atoms. The van der Waals surface area contributed by atoms with Crippen LogP contribution in [-0.4, -0.2) is 59.0 Å². The molecule has 1 aliphatic carbocycles. The van der Waals surface area contributed by atoms with Crippen LogP contribution in [0.5, 0.6) is 0 Å². The second-order valence-electron chi connectivity index (χ2n) is 12.3. The first-order valence-electron chi connectivity index (χ1n) is 15.7. The van der Waals surface area contributed by atoms with Gasteiger partial charge in [-0.15, -0.1) is 0 Å². The van der Waals surface area contributed by atoms with Crippen LogP contribution >= 0.6 is 0 Å². The van der Waals surface area contributed by atoms with Gasteiger partial charge >= 0.3 is 35.8 Å². The van der Waals surface area contributed by atoms with Crippen molar-refractivity contribution in [3.8, 4) is 0 Å². The number of cyclic esters (lactones) is 3. The Bertz CT molecular complexity index is 1760. The molecule has 4 aliphatic heterocycles. The first-order chi connectivity index (χ1) is 24.0. The number of esters is 6. The van der Waals surface area contributed by atoms with Crippen molar-refractivity contribution in [2.24, 2.45) is 0 Å². The lowest BCUT2D eigenvalue weighted by molar-refractivity contribution is -0.406. The maximum Gasteiger partial charge on any atom is 0.348 e. The Morgan fingerprint density at radius 3 is 1.33 bits per heavy atom. The molecular weight excluding hydrogens is 676 g/mol. The lowest BCUT2D eigenvalue weighted by Crippen LogP contribution is -2.55. The largest absolute Gasteiger partial charge is 0.574 e. The number of carbonyl (C=O) groups is 6. The zero-order valence-corrected chi connectivity index (χ0v) is 27.8. The predicted octanol–water partition coefficient (Wildman–Crippen LogP) is 1.38. The fourth-order valence-electron chi connectivity index (χ4n) is 5.22. The average molecular weight is 709 g/mol. The van der Waals surface area contributed by atoms with Gasteiger partial charge < -0.3 is 48.1 Å². The molecule has 16 heteroatoms. The minimum Gasteiger partial charge on any atom is -0.574 e. The minimum absolute atomic E-state index is 0.149. The van der Waals surface area contributed by atoms with Crippen molar-refractivity contribution < 1.29 is 76.9 Å². The van der Waals surface area contributed by atoms with Crippen molar-refractivity contribution in [2.45, 2.75) is 82.9 Å². The van der Waals surface area contributed by atoms with Crippen LogP contribution < -0.4 is 10.2 Å². The molecule has 0 aromatic rings. The maximum atomic E-state index is 12.8. The first kappa shape index (κ1) is 36.2. The maximum absolute atomic E-state index is 12.8. The van der Waals surface area contributed by atoms with Crippen LogP contribution in [0.2, 0.25) is 0 Å². The van der Waals surface area contributed by atoms with Gasteiger partial charge in [0.15, 0.2) is 11.6 Å². The molecule has 0 aromatic carbocycles. The summed E-state index contributed by atoms with van der Waals surface area (Å²) >= 11 is 0. The number of hydrogen-bond acceptors (Lipinski definition) is 16. The summed E-state index contributed by atoms with van der Waals surface area (Å²) in [5.41, 5.74) is -1.54. The van der Waals surface area contributed by atoms with Gasteiger partial charge in [-0.3, -0.25) is 0 Å². The van der Waals surface area contributed by atoms with E-state index in [9.17, 15) is 39.0 Å². The SMILES string of the molecule is CCC1(C)OC(=O)C(/C=C/C=C/C=C2C(=O)OC3(CCC4(CC3)OC(=O)C(/C=C/C=C/C=C3C(=O)OC(C)(C)OC3=O)=C([O-])O4)OC2=O)=C([O-])O1. The van der Waals surface area contributed by atoms with Crippen LogP contribution in [-0.2, 0) is 66.7 Å². The molecule has 2 spiro atoms. The van der Waals surface area contributed by atoms with Crippen molar-refractivity contribution >= 4 is 35.8 Å². The lowest BCUT2D eigenvalue weighted by Gasteiger charge is -2.50. The van der Waals surface area contributed by atoms with E-state index >= 15 is 0 Å². The van der Waals surface area contributed by atoms with Gasteiger partial charge in [0.25, 0.3) is 11.6 Å². The van der Waals surface area contributed by atoms with Crippen molar-refractivity contribution in [3.63, 3.8) is 0 Å². The third-order valence-corrected chi connectivity index (χ3v) is 8.08. The van der Waals surface area contributed by atoms with E-state index in [0.717, 1.165) is 24.3 Å². The smallest absolute Gasteiger partial charge is 0.348 e. The number of hydrogen-bond donors (Lipinski definition) is 0. The van der Waals surface area contributed by atoms with E-state index in [1.165, 1.54) is 57.2 Å². The molecule has 1 atom stereocenters. The summed E-state index contributed by atoms with van der Waals surface area (Å²) in [7, 11) is 0. The van der Waals surface area contributed by atoms with Gasteiger partial charge in [-0.05, 0) is 37.6 Å². The number of rotatable bonds is 7. The van der Waals surface area contributed by atoms with E-state index < -0.39 is 82.0 Å². The van der Waals surface area contributed by atoms with Crippen LogP contribution in [0, 0.1) is 0 Å². The van der Waals surface area contributed by atoms with Crippen LogP contribution in [0.3, 0.4) is 0 Å². The Balaban J connectivity index is 1.15. The Morgan fingerprint density at radius 1 is 0.510 bits per heavy atom. The van der Waals surface area contributed by atoms with Gasteiger partial charge in [0.2, 0.25) is 0 Å². The normalized spacial score (nSPS) is 27.8. The van der Waals surface area contributed by atoms with E-state index in [1.54, 1.807) is 6.92 Å². The van der Waals surface area contributed by atoms with Crippen molar-refractivity contribution in [1.82, 2.24) is 0 Å². The van der Waals surface area contributed by atoms with E-state index in [0.29, 0.717) is 0 Å². The van der Waals surface area contributed by atoms with Gasteiger partial charge in [0, 0.05) is 39.5 Å². The zero-order valence-electron chi connectivity index (χ0n) is 27.8. The quantitative estimate of drug-likeness (QED) is 0.120. The molecule has 2 saturated heterocycles. The van der Waals surface area contributed by atoms with E-state index in [4.69, 9.17) is 37.9 Å². The molecule has 16 nitrogen and oxygen atoms in total. The molecule has 1 unspecified atom stereocenters. The molecular formula is C35H32O16-2. The lowest BCUT2D eigenvalue weighted by atomic mass is 9.87. The molecule has 5 aliphatic rings. The van der Waals surface area contributed by atoms with Crippen LogP contribution in [0.1, 0.15) is 59.8 Å². The standard InChI is InChI=1S/C35H34O16/c1-5-33(4)46-26(38)21(27(39)47-33)13-9-7-11-15-23-30(42)50-35(51-31(23)43)18-16-34(17-19-35)48-28(40)22(29(41)49-34)14-10-6-8-12-20-24(36)44-32(2,3)45-25(20)37/h6-15,38,40H,5,16-19H2,1-4H3/p-2/b8-6+,11-7+,13-9+,14-10+,23-15?. The highest BCUT2D eigenvalue weighted by Crippen LogP contribution is 2.45. The topological polar surface area (TPSA) is 222 Å². The van der Waals surface area contributed by atoms with Crippen LogP contribution in [0.4, 0.5) is 0 Å². The number of allylic oxidation sites excluding steroid dienone is 8. The van der Waals surface area contributed by atoms with Crippen molar-refractivity contribution in [2.75, 3.05) is 0 Å². The summed E-state index contributed by atoms with van der Waals surface area (Å²) in [5, 5.41) is 24.9. The minimum atomic E-state index is -1.68. The molecule has 1 saturated carbocycles. The number of carbonyl (C=O) groups excluding carboxylic acids is 6. The first-order valence-corrected chi connectivity index (χ1v) is 15.7. The summed E-state index contributed by atoms with van der Waals surface area (Å²) in [6.07, 6.45) is 12.1. The third kappa shape index (κ3) is 7.90. The molecule has 4 heterocycles. The Kier molecular flexibility index (Phi) is 9.72. The summed E-state index contributed by atoms with van der Waals surface area (Å²) in [5.74, 6) is -13.5. The van der Waals surface area contributed by atoms with Crippen LogP contribution in [0.15, 0.2) is 94.9 Å². The van der Waals surface area contributed by atoms with Gasteiger partial charge in [-0.1, -0.05) is 43.4 Å². The molecule has 5 rings (SSSR count). The zero-order chi connectivity index (χ0) is 37.2. The van der Waals surface area contributed by atoms with Crippen molar-refractivity contribution in [1.29, 1.82) is 0 Å². The molecule has 0 aromatic heterocycles. The summed E-state index contributed by atoms with van der Waals surface area (Å²) in [6, 6.07) is 0. The third-order valence-electron chi connectivity index (χ3n) is 8.08. The molecule has 0 radical (unpaired) electrons. The summed E-state index contributed by atoms with van der Waals surface area (Å²) in [4.78, 5) is 74.4. The highest BCUT2D eigenvalue weighted by atomic mass is 16.8. The molecule has 270 valence electrons. The Morgan fingerprint density at radius 2 is 0.902 bits per heavy atom. The number of ether oxygens (including phenoxy) is 8. The van der Waals surface area contributed by atoms with Crippen molar-refractivity contribution in [3.05, 3.63) is 94.9 Å². The fraction of sp³-hybridized carbons (Fsp3) is 0.371. The van der Waals surface area contributed by atoms with Gasteiger partial charge in [0.1, 0.15) is 11.1 Å². The fourth-order valence-corrected chi connectivity index (χ4v) is 5.22. The predicted molar refractivity (Wildman–Crippen MR) is 162 cm³/mol. The summed E-state index contributed by atoms with van der Waals surface area (Å²) in [6.45, 7) is 5.97. The highest BCUT2D eigenvalue weighted by Gasteiger charge is 2.53. The Labute approximate surface area is 290 Å². The van der Waals surface area contributed by atoms with Gasteiger partial charge in [-0.25, -0.2) is 28.8 Å². The second-order valence-corrected chi connectivity index (χ2v) is 12.3. The van der Waals surface area contributed by atoms with Crippen LogP contribution in [0.25, 0.3) is 0 Å². The Hall–Kier alpha value is -6.06. The molecule has 51 heavy (non-hydrogen) atoms. The average Bonchev–Trinajstić information content (AvgIpc) is 3.02.